The molecule has 0 bridgehead atoms. The first-order valence-corrected chi connectivity index (χ1v) is 8.86. The number of aryl methyl sites for hydroxylation is 1. The van der Waals surface area contributed by atoms with E-state index in [9.17, 15) is 0 Å². The van der Waals surface area contributed by atoms with E-state index in [4.69, 9.17) is 11.6 Å². The molecule has 2 N–H and O–H groups in total. The minimum Gasteiger partial charge on any atom is -0.370 e. The van der Waals surface area contributed by atoms with Gasteiger partial charge in [0.1, 0.15) is 5.15 Å². The van der Waals surface area contributed by atoms with Gasteiger partial charge >= 0.3 is 0 Å². The zero-order valence-corrected chi connectivity index (χ0v) is 15.8. The molecule has 5 nitrogen and oxygen atoms in total. The molecule has 0 saturated carbocycles. The first kappa shape index (κ1) is 19.1. The Morgan fingerprint density at radius 3 is 2.72 bits per heavy atom. The summed E-state index contributed by atoms with van der Waals surface area (Å²) in [6.45, 7) is 7.62. The number of rotatable bonds is 7. The molecule has 0 radical (unpaired) electrons. The van der Waals surface area contributed by atoms with Gasteiger partial charge in [0.2, 0.25) is 0 Å². The number of halogens is 1. The van der Waals surface area contributed by atoms with Crippen molar-refractivity contribution < 1.29 is 0 Å². The molecule has 1 aromatic carbocycles. The Bertz CT molecular complexity index is 684. The molecule has 0 saturated heterocycles. The quantitative estimate of drug-likeness (QED) is 0.452. The Balaban J connectivity index is 1.80. The summed E-state index contributed by atoms with van der Waals surface area (Å²) in [7, 11) is 1.77. The molecule has 25 heavy (non-hydrogen) atoms. The number of aliphatic imine (C=N–C) groups is 1. The molecule has 6 heteroatoms. The topological polar surface area (TPSA) is 52.5 Å². The monoisotopic (exact) mass is 359 g/mol. The van der Waals surface area contributed by atoms with Gasteiger partial charge in [-0.15, -0.1) is 0 Å². The summed E-state index contributed by atoms with van der Waals surface area (Å²) in [4.78, 5) is 10.7. The summed E-state index contributed by atoms with van der Waals surface area (Å²) in [5.74, 6) is 0.773. The Morgan fingerprint density at radius 1 is 1.24 bits per heavy atom. The molecule has 1 aromatic heterocycles. The number of nitrogens with zero attached hydrogens (tertiary/aromatic N) is 3. The molecule has 0 aliphatic heterocycles. The number of hydrogen-bond donors (Lipinski definition) is 2. The number of nitrogens with one attached hydrogen (secondary N) is 2. The molecule has 0 atom stereocenters. The lowest BCUT2D eigenvalue weighted by molar-refractivity contribution is 0.749. The average molecular weight is 360 g/mol. The van der Waals surface area contributed by atoms with Crippen LogP contribution in [0.4, 0.5) is 5.69 Å². The average Bonchev–Trinajstić information content (AvgIpc) is 2.62. The molecule has 0 amide bonds. The van der Waals surface area contributed by atoms with Crippen molar-refractivity contribution in [3.63, 3.8) is 0 Å². The van der Waals surface area contributed by atoms with Crippen LogP contribution < -0.4 is 15.5 Å². The van der Waals surface area contributed by atoms with Crippen LogP contribution >= 0.6 is 11.6 Å². The van der Waals surface area contributed by atoms with Crippen molar-refractivity contribution in [1.29, 1.82) is 0 Å². The van der Waals surface area contributed by atoms with E-state index >= 15 is 0 Å². The molecule has 0 unspecified atom stereocenters. The SMILES string of the molecule is CCN(CCNC(=NC)NCc1ccc(Cl)nc1)c1cccc(C)c1. The number of anilines is 1. The molecule has 1 heterocycles. The summed E-state index contributed by atoms with van der Waals surface area (Å²) < 4.78 is 0. The van der Waals surface area contributed by atoms with Gasteiger partial charge in [0.15, 0.2) is 5.96 Å². The van der Waals surface area contributed by atoms with E-state index in [1.807, 2.05) is 6.07 Å². The third-order valence-electron chi connectivity index (χ3n) is 3.89. The smallest absolute Gasteiger partial charge is 0.191 e. The maximum absolute atomic E-state index is 5.80. The van der Waals surface area contributed by atoms with Crippen LogP contribution in [-0.4, -0.2) is 37.6 Å². The number of pyridine rings is 1. The van der Waals surface area contributed by atoms with Crippen molar-refractivity contribution in [3.8, 4) is 0 Å². The number of guanidine groups is 1. The predicted molar refractivity (Wildman–Crippen MR) is 107 cm³/mol. The number of hydrogen-bond acceptors (Lipinski definition) is 3. The van der Waals surface area contributed by atoms with Crippen LogP contribution in [0.5, 0.6) is 0 Å². The van der Waals surface area contributed by atoms with Crippen molar-refractivity contribution in [1.82, 2.24) is 15.6 Å². The van der Waals surface area contributed by atoms with Crippen LogP contribution in [0.25, 0.3) is 0 Å². The highest BCUT2D eigenvalue weighted by molar-refractivity contribution is 6.29. The van der Waals surface area contributed by atoms with E-state index in [2.05, 4.69) is 63.6 Å². The summed E-state index contributed by atoms with van der Waals surface area (Å²) in [5.41, 5.74) is 3.58. The lowest BCUT2D eigenvalue weighted by Crippen LogP contribution is -2.41. The van der Waals surface area contributed by atoms with E-state index < -0.39 is 0 Å². The van der Waals surface area contributed by atoms with E-state index in [1.165, 1.54) is 11.3 Å². The molecule has 0 spiro atoms. The van der Waals surface area contributed by atoms with Gasteiger partial charge in [-0.25, -0.2) is 4.98 Å². The third kappa shape index (κ3) is 6.27. The second-order valence-electron chi connectivity index (χ2n) is 5.76. The van der Waals surface area contributed by atoms with Crippen molar-refractivity contribution >= 4 is 23.2 Å². The fourth-order valence-corrected chi connectivity index (χ4v) is 2.63. The number of aromatic nitrogens is 1. The second kappa shape index (κ2) is 9.89. The van der Waals surface area contributed by atoms with Crippen molar-refractivity contribution in [2.45, 2.75) is 20.4 Å². The van der Waals surface area contributed by atoms with Gasteiger partial charge in [0.05, 0.1) is 0 Å². The van der Waals surface area contributed by atoms with Crippen molar-refractivity contribution in [2.24, 2.45) is 4.99 Å². The standard InChI is InChI=1S/C19H26ClN5/c1-4-25(17-7-5-6-15(2)12-17)11-10-22-19(21-3)24-14-16-8-9-18(20)23-13-16/h5-9,12-13H,4,10-11,14H2,1-3H3,(H2,21,22,24). The summed E-state index contributed by atoms with van der Waals surface area (Å²) in [6.07, 6.45) is 1.76. The molecule has 0 aliphatic rings. The number of likely N-dealkylation sites (N-methyl/N-ethyl adjacent to an activating group) is 1. The van der Waals surface area contributed by atoms with Gasteiger partial charge < -0.3 is 15.5 Å². The van der Waals surface area contributed by atoms with E-state index in [1.54, 1.807) is 19.3 Å². The highest BCUT2D eigenvalue weighted by Crippen LogP contribution is 2.14. The number of benzene rings is 1. The second-order valence-corrected chi connectivity index (χ2v) is 6.15. The first-order chi connectivity index (χ1) is 12.1. The normalized spacial score (nSPS) is 11.3. The predicted octanol–water partition coefficient (Wildman–Crippen LogP) is 3.23. The van der Waals surface area contributed by atoms with Gasteiger partial charge in [0, 0.05) is 45.1 Å². The summed E-state index contributed by atoms with van der Waals surface area (Å²) >= 11 is 5.80. The highest BCUT2D eigenvalue weighted by atomic mass is 35.5. The molecular weight excluding hydrogens is 334 g/mol. The van der Waals surface area contributed by atoms with Crippen molar-refractivity contribution in [3.05, 3.63) is 58.9 Å². The lowest BCUT2D eigenvalue weighted by atomic mass is 10.2. The molecular formula is C19H26ClN5. The Hall–Kier alpha value is -2.27. The molecule has 134 valence electrons. The van der Waals surface area contributed by atoms with Gasteiger partial charge in [-0.1, -0.05) is 29.8 Å². The molecule has 2 aromatic rings. The third-order valence-corrected chi connectivity index (χ3v) is 4.12. The van der Waals surface area contributed by atoms with Crippen LogP contribution in [0, 0.1) is 6.92 Å². The molecule has 0 fully saturated rings. The lowest BCUT2D eigenvalue weighted by Gasteiger charge is -2.24. The highest BCUT2D eigenvalue weighted by Gasteiger charge is 2.05. The van der Waals surface area contributed by atoms with Crippen LogP contribution in [0.15, 0.2) is 47.6 Å². The zero-order valence-electron chi connectivity index (χ0n) is 15.1. The van der Waals surface area contributed by atoms with E-state index in [-0.39, 0.29) is 0 Å². The molecule has 2 rings (SSSR count). The van der Waals surface area contributed by atoms with Crippen LogP contribution in [-0.2, 0) is 6.54 Å². The van der Waals surface area contributed by atoms with Gasteiger partial charge in [-0.2, -0.15) is 0 Å². The van der Waals surface area contributed by atoms with Crippen molar-refractivity contribution in [2.75, 3.05) is 31.6 Å². The Kier molecular flexibility index (Phi) is 7.54. The Morgan fingerprint density at radius 2 is 2.08 bits per heavy atom. The van der Waals surface area contributed by atoms with E-state index in [0.717, 1.165) is 31.2 Å². The minimum atomic E-state index is 0.502. The summed E-state index contributed by atoms with van der Waals surface area (Å²) in [5, 5.41) is 7.14. The molecule has 0 aliphatic carbocycles. The van der Waals surface area contributed by atoms with Gasteiger partial charge in [0.25, 0.3) is 0 Å². The Labute approximate surface area is 155 Å². The van der Waals surface area contributed by atoms with Crippen LogP contribution in [0.1, 0.15) is 18.1 Å². The summed E-state index contributed by atoms with van der Waals surface area (Å²) in [6, 6.07) is 12.3. The van der Waals surface area contributed by atoms with E-state index in [0.29, 0.717) is 11.7 Å². The maximum atomic E-state index is 5.80. The largest absolute Gasteiger partial charge is 0.370 e. The fraction of sp³-hybridized carbons (Fsp3) is 0.368. The van der Waals surface area contributed by atoms with Gasteiger partial charge in [-0.05, 0) is 43.2 Å². The minimum absolute atomic E-state index is 0.502. The van der Waals surface area contributed by atoms with Crippen LogP contribution in [0.3, 0.4) is 0 Å². The van der Waals surface area contributed by atoms with Crippen LogP contribution in [0.2, 0.25) is 5.15 Å². The first-order valence-electron chi connectivity index (χ1n) is 8.49. The fourth-order valence-electron chi connectivity index (χ4n) is 2.52. The van der Waals surface area contributed by atoms with Gasteiger partial charge in [-0.3, -0.25) is 4.99 Å². The zero-order chi connectivity index (χ0) is 18.1. The maximum Gasteiger partial charge on any atom is 0.191 e.